The summed E-state index contributed by atoms with van der Waals surface area (Å²) in [6.45, 7) is 7.26. The van der Waals surface area contributed by atoms with Crippen molar-refractivity contribution < 1.29 is 4.79 Å². The Morgan fingerprint density at radius 2 is 1.72 bits per heavy atom. The average Bonchev–Trinajstić information content (AvgIpc) is 2.63. The number of nitrogens with zero attached hydrogens (tertiary/aromatic N) is 1. The molecule has 0 bridgehead atoms. The molecule has 1 aliphatic heterocycles. The van der Waals surface area contributed by atoms with Crippen molar-refractivity contribution >= 4 is 11.6 Å². The van der Waals surface area contributed by atoms with Gasteiger partial charge >= 0.3 is 0 Å². The molecule has 0 atom stereocenters. The summed E-state index contributed by atoms with van der Waals surface area (Å²) >= 11 is 0. The molecule has 3 nitrogen and oxygen atoms in total. The minimum Gasteiger partial charge on any atom is -0.325 e. The third-order valence-electron chi connectivity index (χ3n) is 5.10. The first-order valence-electron chi connectivity index (χ1n) is 9.24. The highest BCUT2D eigenvalue weighted by Crippen LogP contribution is 2.25. The van der Waals surface area contributed by atoms with Crippen LogP contribution in [0.5, 0.6) is 0 Å². The number of amides is 1. The van der Waals surface area contributed by atoms with E-state index in [9.17, 15) is 4.79 Å². The van der Waals surface area contributed by atoms with Crippen molar-refractivity contribution in [1.82, 2.24) is 4.90 Å². The molecule has 25 heavy (non-hydrogen) atoms. The lowest BCUT2D eigenvalue weighted by Crippen LogP contribution is -2.34. The lowest BCUT2D eigenvalue weighted by molar-refractivity contribution is -0.120. The van der Waals surface area contributed by atoms with E-state index >= 15 is 0 Å². The highest BCUT2D eigenvalue weighted by Gasteiger charge is 2.29. The topological polar surface area (TPSA) is 32.3 Å². The Morgan fingerprint density at radius 3 is 2.44 bits per heavy atom. The quantitative estimate of drug-likeness (QED) is 0.866. The molecule has 1 heterocycles. The number of piperidine rings is 1. The maximum absolute atomic E-state index is 12.8. The van der Waals surface area contributed by atoms with Crippen molar-refractivity contribution in [2.45, 2.75) is 45.1 Å². The second-order valence-electron chi connectivity index (χ2n) is 7.48. The molecule has 1 fully saturated rings. The summed E-state index contributed by atoms with van der Waals surface area (Å²) in [5.74, 6) is 0.0221. The fourth-order valence-corrected chi connectivity index (χ4v) is 3.40. The van der Waals surface area contributed by atoms with E-state index in [1.54, 1.807) is 0 Å². The number of hydrogen-bond donors (Lipinski definition) is 1. The molecule has 1 saturated heterocycles. The number of benzene rings is 2. The van der Waals surface area contributed by atoms with Crippen LogP contribution in [0.25, 0.3) is 0 Å². The largest absolute Gasteiger partial charge is 0.325 e. The zero-order chi connectivity index (χ0) is 17.7. The van der Waals surface area contributed by atoms with Crippen LogP contribution in [0.2, 0.25) is 0 Å². The standard InChI is InChI=1S/C22H28N2O/c1-22(2,19-11-5-3-6-12-19)21(25)23-20-13-9-10-18(16-20)17-24-14-7-4-8-15-24/h3,5-6,9-13,16H,4,7-8,14-15,17H2,1-2H3,(H,23,25). The van der Waals surface area contributed by atoms with Crippen molar-refractivity contribution in [3.05, 3.63) is 65.7 Å². The van der Waals surface area contributed by atoms with E-state index in [4.69, 9.17) is 0 Å². The van der Waals surface area contributed by atoms with Gasteiger partial charge in [-0.15, -0.1) is 0 Å². The number of rotatable bonds is 5. The van der Waals surface area contributed by atoms with Crippen molar-refractivity contribution in [3.63, 3.8) is 0 Å². The van der Waals surface area contributed by atoms with Gasteiger partial charge < -0.3 is 5.32 Å². The first-order valence-corrected chi connectivity index (χ1v) is 9.24. The molecule has 132 valence electrons. The van der Waals surface area contributed by atoms with Crippen LogP contribution in [0.4, 0.5) is 5.69 Å². The lowest BCUT2D eigenvalue weighted by atomic mass is 9.83. The zero-order valence-electron chi connectivity index (χ0n) is 15.3. The number of carbonyl (C=O) groups excluding carboxylic acids is 1. The van der Waals surface area contributed by atoms with Crippen molar-refractivity contribution in [2.75, 3.05) is 18.4 Å². The predicted octanol–water partition coefficient (Wildman–Crippen LogP) is 4.59. The lowest BCUT2D eigenvalue weighted by Gasteiger charge is -2.27. The molecule has 0 saturated carbocycles. The van der Waals surface area contributed by atoms with E-state index in [0.717, 1.165) is 17.8 Å². The molecule has 0 aliphatic carbocycles. The predicted molar refractivity (Wildman–Crippen MR) is 104 cm³/mol. The Labute approximate surface area is 151 Å². The van der Waals surface area contributed by atoms with E-state index in [2.05, 4.69) is 22.3 Å². The van der Waals surface area contributed by atoms with Gasteiger partial charge in [0.1, 0.15) is 0 Å². The molecule has 3 rings (SSSR count). The third-order valence-corrected chi connectivity index (χ3v) is 5.10. The molecule has 1 aliphatic rings. The van der Waals surface area contributed by atoms with Crippen molar-refractivity contribution in [3.8, 4) is 0 Å². The van der Waals surface area contributed by atoms with Crippen LogP contribution in [-0.4, -0.2) is 23.9 Å². The van der Waals surface area contributed by atoms with Gasteiger partial charge in [0.05, 0.1) is 5.41 Å². The Kier molecular flexibility index (Phi) is 5.54. The summed E-state index contributed by atoms with van der Waals surface area (Å²) in [5.41, 5.74) is 2.60. The monoisotopic (exact) mass is 336 g/mol. The van der Waals surface area contributed by atoms with Gasteiger partial charge in [-0.25, -0.2) is 0 Å². The van der Waals surface area contributed by atoms with Gasteiger partial charge in [-0.3, -0.25) is 9.69 Å². The minimum atomic E-state index is -0.565. The molecular formula is C22H28N2O. The van der Waals surface area contributed by atoms with Crippen molar-refractivity contribution in [1.29, 1.82) is 0 Å². The van der Waals surface area contributed by atoms with E-state index in [1.165, 1.54) is 37.9 Å². The smallest absolute Gasteiger partial charge is 0.234 e. The molecule has 0 unspecified atom stereocenters. The highest BCUT2D eigenvalue weighted by molar-refractivity contribution is 5.98. The van der Waals surface area contributed by atoms with Gasteiger partial charge in [-0.1, -0.05) is 48.9 Å². The normalized spacial score (nSPS) is 15.8. The van der Waals surface area contributed by atoms with Gasteiger partial charge in [-0.2, -0.15) is 0 Å². The van der Waals surface area contributed by atoms with Crippen LogP contribution in [0.1, 0.15) is 44.2 Å². The Balaban J connectivity index is 1.68. The Hall–Kier alpha value is -2.13. The summed E-state index contributed by atoms with van der Waals surface area (Å²) in [7, 11) is 0. The molecule has 2 aromatic carbocycles. The second kappa shape index (κ2) is 7.83. The van der Waals surface area contributed by atoms with Crippen molar-refractivity contribution in [2.24, 2.45) is 0 Å². The molecule has 0 radical (unpaired) electrons. The number of carbonyl (C=O) groups is 1. The van der Waals surface area contributed by atoms with Crippen LogP contribution in [0.3, 0.4) is 0 Å². The fraction of sp³-hybridized carbons (Fsp3) is 0.409. The SMILES string of the molecule is CC(C)(C(=O)Nc1cccc(CN2CCCCC2)c1)c1ccccc1. The fourth-order valence-electron chi connectivity index (χ4n) is 3.40. The van der Waals surface area contributed by atoms with Gasteiger partial charge in [0, 0.05) is 12.2 Å². The minimum absolute atomic E-state index is 0.0221. The van der Waals surface area contributed by atoms with E-state index < -0.39 is 5.41 Å². The van der Waals surface area contributed by atoms with Crippen LogP contribution >= 0.6 is 0 Å². The summed E-state index contributed by atoms with van der Waals surface area (Å²) in [6.07, 6.45) is 3.94. The Bertz CT molecular complexity index is 703. The number of anilines is 1. The third kappa shape index (κ3) is 4.49. The summed E-state index contributed by atoms with van der Waals surface area (Å²) in [6, 6.07) is 18.2. The molecule has 0 aromatic heterocycles. The van der Waals surface area contributed by atoms with Gasteiger partial charge in [0.15, 0.2) is 0 Å². The van der Waals surface area contributed by atoms with Gasteiger partial charge in [-0.05, 0) is 63.0 Å². The van der Waals surface area contributed by atoms with Gasteiger partial charge in [0.2, 0.25) is 5.91 Å². The molecular weight excluding hydrogens is 308 g/mol. The van der Waals surface area contributed by atoms with E-state index in [0.29, 0.717) is 0 Å². The summed E-state index contributed by atoms with van der Waals surface area (Å²) in [5, 5.41) is 3.10. The maximum atomic E-state index is 12.8. The number of nitrogens with one attached hydrogen (secondary N) is 1. The van der Waals surface area contributed by atoms with Gasteiger partial charge in [0.25, 0.3) is 0 Å². The maximum Gasteiger partial charge on any atom is 0.234 e. The Morgan fingerprint density at radius 1 is 1.00 bits per heavy atom. The summed E-state index contributed by atoms with van der Waals surface area (Å²) in [4.78, 5) is 15.3. The number of hydrogen-bond acceptors (Lipinski definition) is 2. The first kappa shape index (κ1) is 17.7. The van der Waals surface area contributed by atoms with Crippen LogP contribution in [0.15, 0.2) is 54.6 Å². The van der Waals surface area contributed by atoms with Crippen LogP contribution < -0.4 is 5.32 Å². The zero-order valence-corrected chi connectivity index (χ0v) is 15.3. The van der Waals surface area contributed by atoms with E-state index in [1.807, 2.05) is 56.3 Å². The molecule has 1 amide bonds. The summed E-state index contributed by atoms with van der Waals surface area (Å²) < 4.78 is 0. The van der Waals surface area contributed by atoms with Crippen LogP contribution in [-0.2, 0) is 16.8 Å². The molecule has 3 heteroatoms. The second-order valence-corrected chi connectivity index (χ2v) is 7.48. The average molecular weight is 336 g/mol. The molecule has 0 spiro atoms. The van der Waals surface area contributed by atoms with Crippen LogP contribution in [0, 0.1) is 0 Å². The molecule has 2 aromatic rings. The highest BCUT2D eigenvalue weighted by atomic mass is 16.2. The first-order chi connectivity index (χ1) is 12.1. The van der Waals surface area contributed by atoms with E-state index in [-0.39, 0.29) is 5.91 Å². The molecule has 1 N–H and O–H groups in total. The number of likely N-dealkylation sites (tertiary alicyclic amines) is 1.